The molecular formula is C12H10N2O2. The lowest BCUT2D eigenvalue weighted by atomic mass is 10.0. The van der Waals surface area contributed by atoms with E-state index in [0.29, 0.717) is 11.1 Å². The van der Waals surface area contributed by atoms with Gasteiger partial charge in [0.05, 0.1) is 5.56 Å². The van der Waals surface area contributed by atoms with E-state index in [-0.39, 0.29) is 11.8 Å². The van der Waals surface area contributed by atoms with Gasteiger partial charge in [0.25, 0.3) is 0 Å². The first kappa shape index (κ1) is 10.3. The average molecular weight is 214 g/mol. The number of hydrogen-bond donors (Lipinski definition) is 1. The van der Waals surface area contributed by atoms with Crippen LogP contribution in [0, 0.1) is 6.92 Å². The molecule has 0 spiro atoms. The molecule has 4 nitrogen and oxygen atoms in total. The molecule has 0 aliphatic heterocycles. The quantitative estimate of drug-likeness (QED) is 0.773. The molecule has 0 aliphatic rings. The summed E-state index contributed by atoms with van der Waals surface area (Å²) >= 11 is 0. The van der Waals surface area contributed by atoms with Crippen LogP contribution < -0.4 is 0 Å². The number of nitrogens with zero attached hydrogens (tertiary/aromatic N) is 2. The van der Waals surface area contributed by atoms with Gasteiger partial charge in [-0.15, -0.1) is 0 Å². The van der Waals surface area contributed by atoms with Crippen LogP contribution in [0.4, 0.5) is 0 Å². The molecule has 1 N–H and O–H groups in total. The zero-order valence-electron chi connectivity index (χ0n) is 8.71. The first-order valence-electron chi connectivity index (χ1n) is 4.79. The van der Waals surface area contributed by atoms with Crippen molar-refractivity contribution >= 4 is 5.78 Å². The van der Waals surface area contributed by atoms with Crippen LogP contribution in [0.5, 0.6) is 6.01 Å². The molecule has 0 bridgehead atoms. The molecule has 1 heterocycles. The van der Waals surface area contributed by atoms with Crippen molar-refractivity contribution in [1.29, 1.82) is 0 Å². The maximum absolute atomic E-state index is 11.9. The maximum Gasteiger partial charge on any atom is 0.313 e. The van der Waals surface area contributed by atoms with E-state index in [1.165, 1.54) is 12.4 Å². The SMILES string of the molecule is Cc1ccc(C(=O)c2cnc(O)nc2)cc1. The van der Waals surface area contributed by atoms with E-state index in [1.807, 2.05) is 19.1 Å². The number of hydrogen-bond acceptors (Lipinski definition) is 4. The van der Waals surface area contributed by atoms with Crippen LogP contribution in [0.2, 0.25) is 0 Å². The Morgan fingerprint density at radius 2 is 1.62 bits per heavy atom. The molecule has 0 atom stereocenters. The van der Waals surface area contributed by atoms with Gasteiger partial charge in [0.15, 0.2) is 5.78 Å². The normalized spacial score (nSPS) is 10.1. The van der Waals surface area contributed by atoms with E-state index in [9.17, 15) is 4.79 Å². The Morgan fingerprint density at radius 3 is 2.19 bits per heavy atom. The molecule has 16 heavy (non-hydrogen) atoms. The standard InChI is InChI=1S/C12H10N2O2/c1-8-2-4-9(5-3-8)11(15)10-6-13-12(16)14-7-10/h2-7H,1H3,(H,13,14,16). The number of carbonyl (C=O) groups is 1. The highest BCUT2D eigenvalue weighted by molar-refractivity contribution is 6.08. The Labute approximate surface area is 92.6 Å². The average Bonchev–Trinajstić information content (AvgIpc) is 2.30. The van der Waals surface area contributed by atoms with E-state index in [1.54, 1.807) is 12.1 Å². The molecule has 0 unspecified atom stereocenters. The molecule has 1 aromatic carbocycles. The maximum atomic E-state index is 11.9. The van der Waals surface area contributed by atoms with Gasteiger partial charge in [0, 0.05) is 18.0 Å². The minimum absolute atomic E-state index is 0.153. The summed E-state index contributed by atoms with van der Waals surface area (Å²) in [6, 6.07) is 6.92. The van der Waals surface area contributed by atoms with Crippen LogP contribution in [0.15, 0.2) is 36.7 Å². The Balaban J connectivity index is 2.32. The highest BCUT2D eigenvalue weighted by Gasteiger charge is 2.09. The molecule has 0 fully saturated rings. The summed E-state index contributed by atoms with van der Waals surface area (Å²) in [5.41, 5.74) is 2.04. The molecule has 4 heteroatoms. The third kappa shape index (κ3) is 2.06. The molecule has 0 saturated heterocycles. The number of aromatic hydroxyl groups is 1. The molecular weight excluding hydrogens is 204 g/mol. The van der Waals surface area contributed by atoms with Crippen LogP contribution >= 0.6 is 0 Å². The van der Waals surface area contributed by atoms with Gasteiger partial charge in [-0.3, -0.25) is 4.79 Å². The summed E-state index contributed by atoms with van der Waals surface area (Å²) in [5.74, 6) is -0.153. The fourth-order valence-corrected chi connectivity index (χ4v) is 1.31. The zero-order chi connectivity index (χ0) is 11.5. The summed E-state index contributed by atoms with van der Waals surface area (Å²) in [7, 11) is 0. The van der Waals surface area contributed by atoms with Crippen molar-refractivity contribution in [1.82, 2.24) is 9.97 Å². The van der Waals surface area contributed by atoms with Crippen molar-refractivity contribution < 1.29 is 9.90 Å². The Hall–Kier alpha value is -2.23. The van der Waals surface area contributed by atoms with Crippen LogP contribution in [0.3, 0.4) is 0 Å². The smallest absolute Gasteiger partial charge is 0.313 e. The van der Waals surface area contributed by atoms with Crippen LogP contribution in [0.25, 0.3) is 0 Å². The number of benzene rings is 1. The number of aromatic nitrogens is 2. The van der Waals surface area contributed by atoms with Gasteiger partial charge in [-0.1, -0.05) is 29.8 Å². The number of ketones is 1. The number of rotatable bonds is 2. The van der Waals surface area contributed by atoms with Crippen LogP contribution in [-0.4, -0.2) is 20.9 Å². The molecule has 0 aliphatic carbocycles. The fraction of sp³-hybridized carbons (Fsp3) is 0.0833. The predicted octanol–water partition coefficient (Wildman–Crippen LogP) is 1.72. The molecule has 1 aromatic heterocycles. The molecule has 80 valence electrons. The summed E-state index contributed by atoms with van der Waals surface area (Å²) in [5, 5.41) is 8.91. The lowest BCUT2D eigenvalue weighted by Gasteiger charge is -2.00. The topological polar surface area (TPSA) is 63.1 Å². The summed E-state index contributed by atoms with van der Waals surface area (Å²) in [6.45, 7) is 1.96. The van der Waals surface area contributed by atoms with E-state index >= 15 is 0 Å². The number of aryl methyl sites for hydroxylation is 1. The van der Waals surface area contributed by atoms with Gasteiger partial charge in [-0.25, -0.2) is 9.97 Å². The van der Waals surface area contributed by atoms with Gasteiger partial charge in [0.1, 0.15) is 0 Å². The van der Waals surface area contributed by atoms with Crippen molar-refractivity contribution in [3.63, 3.8) is 0 Å². The monoisotopic (exact) mass is 214 g/mol. The van der Waals surface area contributed by atoms with Gasteiger partial charge in [0.2, 0.25) is 0 Å². The van der Waals surface area contributed by atoms with E-state index < -0.39 is 0 Å². The summed E-state index contributed by atoms with van der Waals surface area (Å²) in [6.07, 6.45) is 2.62. The largest absolute Gasteiger partial charge is 0.479 e. The highest BCUT2D eigenvalue weighted by Crippen LogP contribution is 2.10. The molecule has 2 aromatic rings. The molecule has 0 saturated carbocycles. The van der Waals surface area contributed by atoms with Crippen LogP contribution in [-0.2, 0) is 0 Å². The Bertz CT molecular complexity index is 456. The van der Waals surface area contributed by atoms with E-state index in [0.717, 1.165) is 5.56 Å². The lowest BCUT2D eigenvalue weighted by molar-refractivity contribution is 0.103. The van der Waals surface area contributed by atoms with Crippen LogP contribution in [0.1, 0.15) is 21.5 Å². The Morgan fingerprint density at radius 1 is 1.06 bits per heavy atom. The lowest BCUT2D eigenvalue weighted by Crippen LogP contribution is -2.02. The minimum atomic E-state index is -0.333. The van der Waals surface area contributed by atoms with Crippen molar-refractivity contribution in [2.75, 3.05) is 0 Å². The highest BCUT2D eigenvalue weighted by atomic mass is 16.3. The van der Waals surface area contributed by atoms with E-state index in [2.05, 4.69) is 9.97 Å². The molecule has 0 radical (unpaired) electrons. The summed E-state index contributed by atoms with van der Waals surface area (Å²) < 4.78 is 0. The first-order valence-corrected chi connectivity index (χ1v) is 4.79. The van der Waals surface area contributed by atoms with Crippen molar-refractivity contribution in [3.05, 3.63) is 53.3 Å². The van der Waals surface area contributed by atoms with Crippen molar-refractivity contribution in [2.45, 2.75) is 6.92 Å². The second kappa shape index (κ2) is 4.10. The van der Waals surface area contributed by atoms with Crippen molar-refractivity contribution in [3.8, 4) is 6.01 Å². The fourth-order valence-electron chi connectivity index (χ4n) is 1.31. The minimum Gasteiger partial charge on any atom is -0.479 e. The summed E-state index contributed by atoms with van der Waals surface area (Å²) in [4.78, 5) is 19.0. The number of carbonyl (C=O) groups excluding carboxylic acids is 1. The second-order valence-electron chi connectivity index (χ2n) is 3.47. The van der Waals surface area contributed by atoms with Crippen molar-refractivity contribution in [2.24, 2.45) is 0 Å². The van der Waals surface area contributed by atoms with Gasteiger partial charge >= 0.3 is 6.01 Å². The van der Waals surface area contributed by atoms with Gasteiger partial charge < -0.3 is 5.11 Å². The van der Waals surface area contributed by atoms with Gasteiger partial charge in [-0.05, 0) is 6.92 Å². The predicted molar refractivity (Wildman–Crippen MR) is 58.3 cm³/mol. The molecule has 0 amide bonds. The Kier molecular flexibility index (Phi) is 2.64. The van der Waals surface area contributed by atoms with E-state index in [4.69, 9.17) is 5.11 Å². The third-order valence-corrected chi connectivity index (χ3v) is 2.21. The second-order valence-corrected chi connectivity index (χ2v) is 3.47. The third-order valence-electron chi connectivity index (χ3n) is 2.21. The van der Waals surface area contributed by atoms with Gasteiger partial charge in [-0.2, -0.15) is 0 Å². The first-order chi connectivity index (χ1) is 7.66. The molecule has 2 rings (SSSR count). The zero-order valence-corrected chi connectivity index (χ0v) is 8.71.